The van der Waals surface area contributed by atoms with Gasteiger partial charge in [-0.2, -0.15) is 0 Å². The molecule has 2 aromatic carbocycles. The van der Waals surface area contributed by atoms with Crippen LogP contribution in [0.15, 0.2) is 46.2 Å². The maximum absolute atomic E-state index is 12.8. The van der Waals surface area contributed by atoms with Crippen LogP contribution in [0.4, 0.5) is 5.69 Å². The van der Waals surface area contributed by atoms with Crippen LogP contribution < -0.4 is 10.3 Å². The van der Waals surface area contributed by atoms with Crippen molar-refractivity contribution >= 4 is 54.2 Å². The zero-order valence-corrected chi connectivity index (χ0v) is 23.0. The van der Waals surface area contributed by atoms with Gasteiger partial charge in [0.1, 0.15) is 12.5 Å². The fourth-order valence-electron chi connectivity index (χ4n) is 3.26. The molecule has 1 aromatic heterocycles. The standard InChI is InChI=1S/C25H31Cl2N3O3Si/c1-17-11-18-12-20(33-24-21(26)13-19(14-22(24)27)28-15-29(2)3)7-8-23(18)30(25(17)31)16-32-9-10-34(4,5)6/h7-8,11-15H,9-10,16H2,1-6H3/b28-15-. The Morgan fingerprint density at radius 3 is 2.38 bits per heavy atom. The van der Waals surface area contributed by atoms with Crippen molar-refractivity contribution < 1.29 is 9.47 Å². The van der Waals surface area contributed by atoms with Gasteiger partial charge in [0.2, 0.25) is 0 Å². The van der Waals surface area contributed by atoms with E-state index in [1.54, 1.807) is 36.0 Å². The van der Waals surface area contributed by atoms with Crippen molar-refractivity contribution in [2.45, 2.75) is 39.3 Å². The number of hydrogen-bond donors (Lipinski definition) is 0. The molecule has 182 valence electrons. The number of fused-ring (bicyclic) bond motifs is 1. The van der Waals surface area contributed by atoms with Gasteiger partial charge >= 0.3 is 0 Å². The molecule has 0 fully saturated rings. The van der Waals surface area contributed by atoms with Crippen LogP contribution in [0, 0.1) is 6.92 Å². The van der Waals surface area contributed by atoms with E-state index in [0.717, 1.165) is 16.9 Å². The summed E-state index contributed by atoms with van der Waals surface area (Å²) in [6.45, 7) is 9.56. The van der Waals surface area contributed by atoms with Crippen LogP contribution in [0.3, 0.4) is 0 Å². The third kappa shape index (κ3) is 6.85. The first kappa shape index (κ1) is 26.3. The van der Waals surface area contributed by atoms with E-state index in [-0.39, 0.29) is 12.3 Å². The highest BCUT2D eigenvalue weighted by Gasteiger charge is 2.14. The van der Waals surface area contributed by atoms with Crippen LogP contribution in [0.5, 0.6) is 11.5 Å². The van der Waals surface area contributed by atoms with Crippen molar-refractivity contribution in [1.29, 1.82) is 0 Å². The zero-order valence-electron chi connectivity index (χ0n) is 20.5. The third-order valence-corrected chi connectivity index (χ3v) is 7.37. The summed E-state index contributed by atoms with van der Waals surface area (Å²) in [5.41, 5.74) is 1.98. The molecule has 3 aromatic rings. The Morgan fingerprint density at radius 1 is 1.09 bits per heavy atom. The minimum Gasteiger partial charge on any atom is -0.454 e. The molecule has 0 aliphatic heterocycles. The number of halogens is 2. The van der Waals surface area contributed by atoms with E-state index in [2.05, 4.69) is 24.6 Å². The fraction of sp³-hybridized carbons (Fsp3) is 0.360. The summed E-state index contributed by atoms with van der Waals surface area (Å²) >= 11 is 12.9. The normalized spacial score (nSPS) is 12.0. The van der Waals surface area contributed by atoms with Gasteiger partial charge in [-0.25, -0.2) is 4.99 Å². The molecule has 6 nitrogen and oxygen atoms in total. The number of nitrogens with zero attached hydrogens (tertiary/aromatic N) is 3. The molecule has 0 amide bonds. The van der Waals surface area contributed by atoms with Crippen LogP contribution in [0.2, 0.25) is 35.7 Å². The number of aryl methyl sites for hydroxylation is 1. The summed E-state index contributed by atoms with van der Waals surface area (Å²) in [6, 6.07) is 11.8. The van der Waals surface area contributed by atoms with Crippen molar-refractivity contribution in [3.05, 3.63) is 62.4 Å². The first-order valence-corrected chi connectivity index (χ1v) is 15.5. The lowest BCUT2D eigenvalue weighted by Gasteiger charge is -2.17. The minimum absolute atomic E-state index is 0.0610. The predicted octanol–water partition coefficient (Wildman–Crippen LogP) is 6.94. The van der Waals surface area contributed by atoms with E-state index in [1.807, 2.05) is 37.2 Å². The van der Waals surface area contributed by atoms with Gasteiger partial charge in [0.25, 0.3) is 5.56 Å². The summed E-state index contributed by atoms with van der Waals surface area (Å²) < 4.78 is 13.6. The quantitative estimate of drug-likeness (QED) is 0.133. The van der Waals surface area contributed by atoms with E-state index in [0.29, 0.717) is 39.4 Å². The lowest BCUT2D eigenvalue weighted by molar-refractivity contribution is 0.0877. The van der Waals surface area contributed by atoms with Gasteiger partial charge in [-0.3, -0.25) is 9.36 Å². The molecule has 0 radical (unpaired) electrons. The Kier molecular flexibility index (Phi) is 8.46. The summed E-state index contributed by atoms with van der Waals surface area (Å²) in [5, 5.41) is 1.58. The van der Waals surface area contributed by atoms with Crippen molar-refractivity contribution in [3.8, 4) is 11.5 Å². The molecule has 0 aliphatic carbocycles. The number of benzene rings is 2. The van der Waals surface area contributed by atoms with Gasteiger partial charge < -0.3 is 14.4 Å². The van der Waals surface area contributed by atoms with Gasteiger partial charge in [0, 0.05) is 39.7 Å². The second-order valence-corrected chi connectivity index (χ2v) is 16.1. The highest BCUT2D eigenvalue weighted by Crippen LogP contribution is 2.40. The van der Waals surface area contributed by atoms with Crippen molar-refractivity contribution in [2.75, 3.05) is 20.7 Å². The van der Waals surface area contributed by atoms with Crippen LogP contribution in [0.25, 0.3) is 10.9 Å². The lowest BCUT2D eigenvalue weighted by Crippen LogP contribution is -2.26. The topological polar surface area (TPSA) is 56.1 Å². The van der Waals surface area contributed by atoms with E-state index >= 15 is 0 Å². The van der Waals surface area contributed by atoms with Crippen LogP contribution >= 0.6 is 23.2 Å². The smallest absolute Gasteiger partial charge is 0.255 e. The van der Waals surface area contributed by atoms with Crippen LogP contribution in [-0.2, 0) is 11.5 Å². The molecule has 0 spiro atoms. The Balaban J connectivity index is 1.87. The lowest BCUT2D eigenvalue weighted by atomic mass is 10.1. The molecular weight excluding hydrogens is 489 g/mol. The highest BCUT2D eigenvalue weighted by molar-refractivity contribution is 6.76. The molecule has 9 heteroatoms. The van der Waals surface area contributed by atoms with Crippen LogP contribution in [0.1, 0.15) is 5.56 Å². The van der Waals surface area contributed by atoms with Gasteiger partial charge in [-0.15, -0.1) is 0 Å². The molecule has 3 rings (SSSR count). The number of aliphatic imine (C=N–C) groups is 1. The largest absolute Gasteiger partial charge is 0.454 e. The Morgan fingerprint density at radius 2 is 1.76 bits per heavy atom. The fourth-order valence-corrected chi connectivity index (χ4v) is 4.57. The summed E-state index contributed by atoms with van der Waals surface area (Å²) in [6.07, 6.45) is 1.67. The average molecular weight is 521 g/mol. The summed E-state index contributed by atoms with van der Waals surface area (Å²) in [5.74, 6) is 0.913. The minimum atomic E-state index is -1.20. The zero-order chi connectivity index (χ0) is 25.0. The second kappa shape index (κ2) is 10.9. The molecule has 0 N–H and O–H groups in total. The molecule has 0 saturated carbocycles. The maximum atomic E-state index is 12.8. The number of rotatable bonds is 9. The van der Waals surface area contributed by atoms with Crippen molar-refractivity contribution in [1.82, 2.24) is 9.47 Å². The molecule has 0 saturated heterocycles. The van der Waals surface area contributed by atoms with Gasteiger partial charge in [0.15, 0.2) is 5.75 Å². The van der Waals surface area contributed by atoms with Gasteiger partial charge in [0.05, 0.1) is 27.6 Å². The maximum Gasteiger partial charge on any atom is 0.255 e. The molecule has 34 heavy (non-hydrogen) atoms. The number of aromatic nitrogens is 1. The number of pyridine rings is 1. The van der Waals surface area contributed by atoms with Gasteiger partial charge in [-0.05, 0) is 49.4 Å². The van der Waals surface area contributed by atoms with Crippen LogP contribution in [-0.4, -0.2) is 44.6 Å². The molecule has 0 atom stereocenters. The Bertz CT molecular complexity index is 1240. The highest BCUT2D eigenvalue weighted by atomic mass is 35.5. The molecule has 0 bridgehead atoms. The Labute approximate surface area is 211 Å². The monoisotopic (exact) mass is 519 g/mol. The van der Waals surface area contributed by atoms with Crippen molar-refractivity contribution in [3.63, 3.8) is 0 Å². The van der Waals surface area contributed by atoms with Crippen molar-refractivity contribution in [2.24, 2.45) is 4.99 Å². The third-order valence-electron chi connectivity index (χ3n) is 5.10. The molecule has 0 aliphatic rings. The summed E-state index contributed by atoms with van der Waals surface area (Å²) in [4.78, 5) is 18.9. The van der Waals surface area contributed by atoms with E-state index in [1.165, 1.54) is 0 Å². The first-order chi connectivity index (χ1) is 15.9. The first-order valence-electron chi connectivity index (χ1n) is 11.0. The number of hydrogen-bond acceptors (Lipinski definition) is 4. The van der Waals surface area contributed by atoms with Gasteiger partial charge in [-0.1, -0.05) is 42.8 Å². The molecule has 1 heterocycles. The SMILES string of the molecule is Cc1cc2cc(Oc3c(Cl)cc(/N=C\N(C)C)cc3Cl)ccc2n(COCC[Si](C)(C)C)c1=O. The van der Waals surface area contributed by atoms with E-state index in [9.17, 15) is 4.79 Å². The average Bonchev–Trinajstić information content (AvgIpc) is 2.74. The Hall–Kier alpha value is -2.32. The second-order valence-electron chi connectivity index (χ2n) is 9.68. The molecular formula is C25H31Cl2N3O3Si. The molecule has 0 unspecified atom stereocenters. The van der Waals surface area contributed by atoms with E-state index in [4.69, 9.17) is 32.7 Å². The van der Waals surface area contributed by atoms with E-state index < -0.39 is 8.07 Å². The predicted molar refractivity (Wildman–Crippen MR) is 145 cm³/mol. The summed E-state index contributed by atoms with van der Waals surface area (Å²) in [7, 11) is 2.56. The number of ether oxygens (including phenoxy) is 2.